The highest BCUT2D eigenvalue weighted by Gasteiger charge is 2.38. The molecule has 1 saturated carbocycles. The van der Waals surface area contributed by atoms with E-state index in [1.807, 2.05) is 6.07 Å². The fraction of sp³-hybridized carbons (Fsp3) is 0.625. The Morgan fingerprint density at radius 1 is 1.14 bits per heavy atom. The van der Waals surface area contributed by atoms with Crippen LogP contribution >= 0.6 is 15.9 Å². The lowest BCUT2D eigenvalue weighted by Crippen LogP contribution is -2.45. The molecule has 0 aromatic heterocycles. The molecule has 116 valence electrons. The van der Waals surface area contributed by atoms with Gasteiger partial charge in [0.1, 0.15) is 0 Å². The predicted molar refractivity (Wildman–Crippen MR) is 87.2 cm³/mol. The van der Waals surface area contributed by atoms with Gasteiger partial charge in [-0.3, -0.25) is 4.90 Å². The van der Waals surface area contributed by atoms with Crippen molar-refractivity contribution in [3.63, 3.8) is 0 Å². The molecule has 1 aromatic carbocycles. The van der Waals surface area contributed by atoms with Crippen molar-refractivity contribution in [3.8, 4) is 11.5 Å². The predicted octanol–water partition coefficient (Wildman–Crippen LogP) is 2.82. The number of nitrogens with one attached hydrogen (secondary N) is 1. The summed E-state index contributed by atoms with van der Waals surface area (Å²) in [4.78, 5) is 2.61. The minimum absolute atomic E-state index is 0.487. The second kappa shape index (κ2) is 6.55. The molecule has 0 bridgehead atoms. The van der Waals surface area contributed by atoms with E-state index in [0.29, 0.717) is 6.04 Å². The number of halogens is 1. The summed E-state index contributed by atoms with van der Waals surface area (Å²) >= 11 is 3.74. The molecule has 0 spiro atoms. The van der Waals surface area contributed by atoms with Crippen LogP contribution in [-0.2, 0) is 0 Å². The number of hydrogen-bond donors (Lipinski definition) is 1. The second-order valence-corrected chi connectivity index (χ2v) is 6.65. The van der Waals surface area contributed by atoms with E-state index in [1.54, 1.807) is 14.2 Å². The van der Waals surface area contributed by atoms with Gasteiger partial charge in [-0.05, 0) is 36.5 Å². The first kappa shape index (κ1) is 15.1. The molecule has 21 heavy (non-hydrogen) atoms. The van der Waals surface area contributed by atoms with Crippen molar-refractivity contribution in [2.75, 3.05) is 40.4 Å². The van der Waals surface area contributed by atoms with E-state index in [2.05, 4.69) is 32.2 Å². The van der Waals surface area contributed by atoms with E-state index in [0.717, 1.165) is 48.1 Å². The van der Waals surface area contributed by atoms with Gasteiger partial charge in [-0.25, -0.2) is 0 Å². The van der Waals surface area contributed by atoms with Gasteiger partial charge >= 0.3 is 0 Å². The summed E-state index contributed by atoms with van der Waals surface area (Å²) in [6.07, 6.45) is 2.66. The van der Waals surface area contributed by atoms with Crippen LogP contribution in [0.2, 0.25) is 0 Å². The molecule has 1 atom stereocenters. The molecule has 1 aliphatic heterocycles. The van der Waals surface area contributed by atoms with Gasteiger partial charge < -0.3 is 14.8 Å². The highest BCUT2D eigenvalue weighted by molar-refractivity contribution is 9.10. The van der Waals surface area contributed by atoms with Gasteiger partial charge in [-0.1, -0.05) is 15.9 Å². The lowest BCUT2D eigenvalue weighted by atomic mass is 9.99. The van der Waals surface area contributed by atoms with Crippen LogP contribution < -0.4 is 14.8 Å². The molecular weight excluding hydrogens is 332 g/mol. The summed E-state index contributed by atoms with van der Waals surface area (Å²) in [7, 11) is 3.38. The summed E-state index contributed by atoms with van der Waals surface area (Å²) in [6.45, 7) is 4.38. The average molecular weight is 355 g/mol. The molecule has 1 heterocycles. The largest absolute Gasteiger partial charge is 0.493 e. The van der Waals surface area contributed by atoms with Crippen molar-refractivity contribution in [3.05, 3.63) is 22.2 Å². The molecule has 0 radical (unpaired) electrons. The van der Waals surface area contributed by atoms with Gasteiger partial charge in [0.25, 0.3) is 0 Å². The summed E-state index contributed by atoms with van der Waals surface area (Å²) in [5.41, 5.74) is 1.33. The highest BCUT2D eigenvalue weighted by Crippen LogP contribution is 2.48. The van der Waals surface area contributed by atoms with Gasteiger partial charge in [-0.15, -0.1) is 0 Å². The molecule has 0 amide bonds. The SMILES string of the molecule is COc1cc(Br)c([C@@H](C2CC2)N2CCNCC2)cc1OC. The monoisotopic (exact) mass is 354 g/mol. The smallest absolute Gasteiger partial charge is 0.161 e. The first-order valence-electron chi connectivity index (χ1n) is 7.60. The van der Waals surface area contributed by atoms with Crippen molar-refractivity contribution >= 4 is 15.9 Å². The molecule has 1 aliphatic carbocycles. The third-order valence-corrected chi connectivity index (χ3v) is 5.12. The van der Waals surface area contributed by atoms with E-state index in [4.69, 9.17) is 9.47 Å². The molecule has 3 rings (SSSR count). The third kappa shape index (κ3) is 3.20. The van der Waals surface area contributed by atoms with Crippen molar-refractivity contribution < 1.29 is 9.47 Å². The maximum atomic E-state index is 5.49. The van der Waals surface area contributed by atoms with Crippen LogP contribution in [-0.4, -0.2) is 45.3 Å². The number of piperazine rings is 1. The van der Waals surface area contributed by atoms with Crippen LogP contribution in [0.3, 0.4) is 0 Å². The van der Waals surface area contributed by atoms with E-state index in [9.17, 15) is 0 Å². The first-order chi connectivity index (χ1) is 10.2. The minimum Gasteiger partial charge on any atom is -0.493 e. The Hall–Kier alpha value is -0.780. The van der Waals surface area contributed by atoms with Crippen LogP contribution in [0.15, 0.2) is 16.6 Å². The number of hydrogen-bond acceptors (Lipinski definition) is 4. The Morgan fingerprint density at radius 3 is 2.33 bits per heavy atom. The number of rotatable bonds is 5. The van der Waals surface area contributed by atoms with Gasteiger partial charge in [-0.2, -0.15) is 0 Å². The molecule has 1 N–H and O–H groups in total. The Labute approximate surface area is 134 Å². The van der Waals surface area contributed by atoms with Crippen LogP contribution in [0.4, 0.5) is 0 Å². The van der Waals surface area contributed by atoms with Crippen molar-refractivity contribution in [1.29, 1.82) is 0 Å². The molecule has 2 fully saturated rings. The minimum atomic E-state index is 0.487. The topological polar surface area (TPSA) is 33.7 Å². The Morgan fingerprint density at radius 2 is 1.76 bits per heavy atom. The maximum absolute atomic E-state index is 5.49. The van der Waals surface area contributed by atoms with Crippen LogP contribution in [0, 0.1) is 5.92 Å². The van der Waals surface area contributed by atoms with Gasteiger partial charge in [0.2, 0.25) is 0 Å². The zero-order chi connectivity index (χ0) is 14.8. The normalized spacial score (nSPS) is 21.1. The fourth-order valence-corrected chi connectivity index (χ4v) is 3.77. The quantitative estimate of drug-likeness (QED) is 0.881. The van der Waals surface area contributed by atoms with E-state index in [-0.39, 0.29) is 0 Å². The fourth-order valence-electron chi connectivity index (χ4n) is 3.22. The van der Waals surface area contributed by atoms with Gasteiger partial charge in [0.05, 0.1) is 14.2 Å². The number of methoxy groups -OCH3 is 2. The third-order valence-electron chi connectivity index (χ3n) is 4.44. The zero-order valence-electron chi connectivity index (χ0n) is 12.7. The Bertz CT molecular complexity index is 499. The maximum Gasteiger partial charge on any atom is 0.161 e. The van der Waals surface area contributed by atoms with Crippen molar-refractivity contribution in [2.45, 2.75) is 18.9 Å². The standard InChI is InChI=1S/C16H23BrN2O2/c1-20-14-9-12(13(17)10-15(14)21-2)16(11-3-4-11)19-7-5-18-6-8-19/h9-11,16,18H,3-8H2,1-2H3/t16-/m1/s1. The first-order valence-corrected chi connectivity index (χ1v) is 8.40. The Kier molecular flexibility index (Phi) is 4.72. The summed E-state index contributed by atoms with van der Waals surface area (Å²) in [6, 6.07) is 4.67. The van der Waals surface area contributed by atoms with E-state index < -0.39 is 0 Å². The van der Waals surface area contributed by atoms with E-state index >= 15 is 0 Å². The molecule has 1 saturated heterocycles. The van der Waals surface area contributed by atoms with E-state index in [1.165, 1.54) is 18.4 Å². The van der Waals surface area contributed by atoms with Crippen LogP contribution in [0.25, 0.3) is 0 Å². The molecular formula is C16H23BrN2O2. The van der Waals surface area contributed by atoms with Crippen molar-refractivity contribution in [2.24, 2.45) is 5.92 Å². The van der Waals surface area contributed by atoms with Gasteiger partial charge in [0.15, 0.2) is 11.5 Å². The summed E-state index contributed by atoms with van der Waals surface area (Å²) in [5.74, 6) is 2.37. The molecule has 5 heteroatoms. The molecule has 4 nitrogen and oxygen atoms in total. The second-order valence-electron chi connectivity index (χ2n) is 5.80. The lowest BCUT2D eigenvalue weighted by Gasteiger charge is -2.36. The van der Waals surface area contributed by atoms with Crippen molar-refractivity contribution in [1.82, 2.24) is 10.2 Å². The summed E-state index contributed by atoms with van der Waals surface area (Å²) < 4.78 is 12.0. The molecule has 1 aromatic rings. The number of benzene rings is 1. The number of nitrogens with zero attached hydrogens (tertiary/aromatic N) is 1. The Balaban J connectivity index is 1.94. The average Bonchev–Trinajstić information content (AvgIpc) is 3.34. The van der Waals surface area contributed by atoms with Crippen LogP contribution in [0.1, 0.15) is 24.4 Å². The number of ether oxygens (including phenoxy) is 2. The highest BCUT2D eigenvalue weighted by atomic mass is 79.9. The van der Waals surface area contributed by atoms with Crippen LogP contribution in [0.5, 0.6) is 11.5 Å². The van der Waals surface area contributed by atoms with Gasteiger partial charge in [0, 0.05) is 36.7 Å². The lowest BCUT2D eigenvalue weighted by molar-refractivity contribution is 0.155. The zero-order valence-corrected chi connectivity index (χ0v) is 14.3. The summed E-state index contributed by atoms with van der Waals surface area (Å²) in [5, 5.41) is 3.44. The molecule has 2 aliphatic rings. The molecule has 0 unspecified atom stereocenters.